The largest absolute Gasteiger partial charge is 0.345 e. The van der Waals surface area contributed by atoms with E-state index in [1.165, 1.54) is 17.7 Å². The molecule has 19 nitrogen and oxygen atoms in total. The van der Waals surface area contributed by atoms with Crippen LogP contribution in [0.25, 0.3) is 55.1 Å². The number of hydrogen-bond donors (Lipinski definition) is 0. The van der Waals surface area contributed by atoms with Crippen molar-refractivity contribution in [3.05, 3.63) is 515 Å². The highest BCUT2D eigenvalue weighted by atomic mass is 19.1. The lowest BCUT2D eigenvalue weighted by atomic mass is 9.98. The number of hydrogen-bond acceptors (Lipinski definition) is 15. The molecule has 0 amide bonds. The topological polar surface area (TPSA) is 201 Å². The van der Waals surface area contributed by atoms with Gasteiger partial charge in [-0.15, -0.1) is 0 Å². The average molecular weight is 1780 g/mol. The van der Waals surface area contributed by atoms with E-state index < -0.39 is 0 Å². The number of benzene rings is 14. The molecule has 0 radical (unpaired) electrons. The third-order valence-electron chi connectivity index (χ3n) is 24.3. The summed E-state index contributed by atoms with van der Waals surface area (Å²) < 4.78 is 25.9. The highest BCUT2D eigenvalue weighted by Gasteiger charge is 2.28. The van der Waals surface area contributed by atoms with E-state index in [0.29, 0.717) is 90.4 Å². The third-order valence-corrected chi connectivity index (χ3v) is 24.3. The summed E-state index contributed by atoms with van der Waals surface area (Å²) in [6.07, 6.45) is 2.40. The van der Waals surface area contributed by atoms with Crippen LogP contribution in [0.2, 0.25) is 0 Å². The summed E-state index contributed by atoms with van der Waals surface area (Å²) >= 11 is 0. The maximum atomic E-state index is 13.9. The molecule has 0 spiro atoms. The van der Waals surface area contributed by atoms with Gasteiger partial charge in [-0.1, -0.05) is 304 Å². The van der Waals surface area contributed by atoms with Gasteiger partial charge < -0.3 is 19.2 Å². The van der Waals surface area contributed by atoms with Crippen molar-refractivity contribution in [2.24, 2.45) is 5.92 Å². The first-order valence-electron chi connectivity index (χ1n) is 45.0. The number of aromatic nitrogens is 11. The summed E-state index contributed by atoms with van der Waals surface area (Å²) in [6.45, 7) is 13.8. The Kier molecular flexibility index (Phi) is 27.2. The molecule has 135 heavy (non-hydrogen) atoms. The Morgan fingerprint density at radius 2 is 0.593 bits per heavy atom. The molecule has 0 bridgehead atoms. The van der Waals surface area contributed by atoms with Crippen molar-refractivity contribution in [2.75, 3.05) is 35.8 Å². The van der Waals surface area contributed by atoms with Gasteiger partial charge in [0.15, 0.2) is 5.65 Å². The molecule has 20 heteroatoms. The molecule has 0 N–H and O–H groups in total. The van der Waals surface area contributed by atoms with E-state index in [0.717, 1.165) is 84.9 Å². The Balaban J connectivity index is 0.000000125. The number of nitrogens with zero attached hydrogens (tertiary/aromatic N) is 14. The number of para-hydroxylation sites is 1. The van der Waals surface area contributed by atoms with Gasteiger partial charge in [0.2, 0.25) is 11.7 Å². The van der Waals surface area contributed by atoms with Crippen LogP contribution in [0, 0.1) is 46.4 Å². The highest BCUT2D eigenvalue weighted by Crippen LogP contribution is 2.36. The minimum absolute atomic E-state index is 0.0373. The van der Waals surface area contributed by atoms with Gasteiger partial charge in [-0.05, 0) is 188 Å². The minimum atomic E-state index is -0.328. The fourth-order valence-corrected chi connectivity index (χ4v) is 17.4. The van der Waals surface area contributed by atoms with Gasteiger partial charge in [0.1, 0.15) is 29.1 Å². The summed E-state index contributed by atoms with van der Waals surface area (Å²) in [7, 11) is 5.90. The number of halogens is 1. The molecule has 0 saturated carbocycles. The number of anilines is 6. The normalized spacial score (nSPS) is 11.3. The van der Waals surface area contributed by atoms with Crippen molar-refractivity contribution in [1.29, 1.82) is 0 Å². The molecule has 668 valence electrons. The van der Waals surface area contributed by atoms with E-state index >= 15 is 0 Å². The number of aryl methyl sites for hydroxylation is 5. The molecule has 0 fully saturated rings. The van der Waals surface area contributed by atoms with Crippen molar-refractivity contribution < 1.29 is 8.91 Å². The van der Waals surface area contributed by atoms with E-state index in [4.69, 9.17) is 19.5 Å². The Bertz CT molecular complexity index is 7620. The fraction of sp³-hybridized carbons (Fsp3) is 0.139. The molecule has 0 aliphatic heterocycles. The quantitative estimate of drug-likeness (QED) is 0.0657. The zero-order valence-corrected chi connectivity index (χ0v) is 76.7. The first-order valence-corrected chi connectivity index (χ1v) is 45.0. The second kappa shape index (κ2) is 40.7. The van der Waals surface area contributed by atoms with Crippen LogP contribution in [-0.4, -0.2) is 74.5 Å². The lowest BCUT2D eigenvalue weighted by molar-refractivity contribution is 0.363. The maximum absolute atomic E-state index is 13.9. The summed E-state index contributed by atoms with van der Waals surface area (Å²) in [4.78, 5) is 89.7. The lowest BCUT2D eigenvalue weighted by Gasteiger charge is -2.24. The van der Waals surface area contributed by atoms with Crippen LogP contribution in [0.1, 0.15) is 117 Å². The molecule has 0 saturated heterocycles. The van der Waals surface area contributed by atoms with E-state index in [1.54, 1.807) is 33.5 Å². The van der Waals surface area contributed by atoms with Gasteiger partial charge in [-0.2, -0.15) is 4.98 Å². The van der Waals surface area contributed by atoms with E-state index in [9.17, 15) is 23.6 Å². The Hall–Kier alpha value is -16.7. The Labute approximate surface area is 782 Å². The van der Waals surface area contributed by atoms with Gasteiger partial charge in [0, 0.05) is 61.6 Å². The molecule has 0 atom stereocenters. The van der Waals surface area contributed by atoms with Gasteiger partial charge in [-0.3, -0.25) is 37.4 Å². The molecule has 20 rings (SSSR count). The standard InChI is InChI=1S/C30H27N3O.C29H25N3O.C28H23FN4O.C28H26N4O2/c1-21-14-16-25(17-15-21)32(3)26-18-19-27-28(20-26)31-22(2)33(30(27)34)29(23-10-6-4-7-11-23)24-12-8-5-9-13-24;1-21-30-27-20-25(31(2)24-16-10-5-11-17-24)18-19-26(27)29(33)32(21)28(22-12-6-3-7-13-22)23-14-8-4-9-15-23;1-19-31-27-25(17-24(18-30-27)32(2)23-15-13-22(29)14-16-23)28(34)33(19)26(20-9-5-3-6-10-20)21-11-7-4-8-12-21;1-18(2)16-25-30-27(31-34-25)22-14-15-23-24(17-22)29-19(3)32(28(23)33)26(20-10-6-4-7-11-20)21-12-8-5-9-13-21/h4-20,29H,1-3H3;3-20,28H,1-2H3;3-18,26H,1-2H3;4-15,17-18,26H,16H2,1-3H3. The smallest absolute Gasteiger partial charge is 0.263 e. The average Bonchev–Trinajstić information content (AvgIpc) is 1.17. The second-order valence-corrected chi connectivity index (χ2v) is 33.9. The van der Waals surface area contributed by atoms with Crippen molar-refractivity contribution in [3.63, 3.8) is 0 Å². The lowest BCUT2D eigenvalue weighted by Crippen LogP contribution is -2.30. The molecule has 0 aliphatic rings. The van der Waals surface area contributed by atoms with Crippen molar-refractivity contribution in [3.8, 4) is 11.4 Å². The van der Waals surface area contributed by atoms with Crippen LogP contribution < -0.4 is 36.9 Å². The summed E-state index contributed by atoms with van der Waals surface area (Å²) in [5.74, 6) is 3.84. The molecular weight excluding hydrogens is 1680 g/mol. The molecule has 0 aliphatic carbocycles. The zero-order valence-electron chi connectivity index (χ0n) is 76.7. The third kappa shape index (κ3) is 19.8. The van der Waals surface area contributed by atoms with Gasteiger partial charge in [0.05, 0.1) is 74.1 Å². The van der Waals surface area contributed by atoms with Gasteiger partial charge >= 0.3 is 0 Å². The van der Waals surface area contributed by atoms with Crippen molar-refractivity contribution >= 4 is 77.9 Å². The van der Waals surface area contributed by atoms with E-state index in [-0.39, 0.29) is 52.2 Å². The van der Waals surface area contributed by atoms with Crippen LogP contribution in [0.15, 0.2) is 412 Å². The predicted molar refractivity (Wildman–Crippen MR) is 541 cm³/mol. The van der Waals surface area contributed by atoms with Crippen LogP contribution in [0.3, 0.4) is 0 Å². The predicted octanol–water partition coefficient (Wildman–Crippen LogP) is 23.8. The number of pyridine rings is 1. The van der Waals surface area contributed by atoms with Crippen molar-refractivity contribution in [1.82, 2.24) is 53.3 Å². The summed E-state index contributed by atoms with van der Waals surface area (Å²) in [6, 6.07) is 123. The van der Waals surface area contributed by atoms with E-state index in [2.05, 4.69) is 136 Å². The Morgan fingerprint density at radius 1 is 0.304 bits per heavy atom. The van der Waals surface area contributed by atoms with Crippen LogP contribution in [-0.2, 0) is 6.42 Å². The second-order valence-electron chi connectivity index (χ2n) is 33.9. The number of fused-ring (bicyclic) bond motifs is 4. The molecule has 14 aromatic carbocycles. The van der Waals surface area contributed by atoms with Crippen LogP contribution in [0.5, 0.6) is 0 Å². The van der Waals surface area contributed by atoms with Gasteiger partial charge in [0.25, 0.3) is 22.2 Å². The summed E-state index contributed by atoms with van der Waals surface area (Å²) in [5, 5.41) is 6.32. The number of rotatable bonds is 21. The Morgan fingerprint density at radius 3 is 0.941 bits per heavy atom. The monoisotopic (exact) mass is 1780 g/mol. The first kappa shape index (κ1) is 90.2. The highest BCUT2D eigenvalue weighted by molar-refractivity contribution is 5.86. The molecule has 6 heterocycles. The van der Waals surface area contributed by atoms with Crippen LogP contribution in [0.4, 0.5) is 38.5 Å². The maximum Gasteiger partial charge on any atom is 0.263 e. The molecule has 0 unspecified atom stereocenters. The molecular formula is C115H101FN14O5. The van der Waals surface area contributed by atoms with Gasteiger partial charge in [-0.25, -0.2) is 29.3 Å². The summed E-state index contributed by atoms with van der Waals surface area (Å²) in [5.41, 5.74) is 18.0. The van der Waals surface area contributed by atoms with Crippen molar-refractivity contribution in [2.45, 2.75) is 79.1 Å². The molecule has 20 aromatic rings. The fourth-order valence-electron chi connectivity index (χ4n) is 17.4. The van der Waals surface area contributed by atoms with Crippen LogP contribution >= 0.6 is 0 Å². The zero-order chi connectivity index (χ0) is 93.8. The minimum Gasteiger partial charge on any atom is -0.345 e. The molecule has 6 aromatic heterocycles. The first-order chi connectivity index (χ1) is 65.7. The SMILES string of the molecule is Cc1ccc(N(C)c2ccc3c(=O)n(C(c4ccccc4)c4ccccc4)c(C)nc3c2)cc1.Cc1nc2cc(-c3noc(CC(C)C)n3)ccc2c(=O)n1C(c1ccccc1)c1ccccc1.Cc1nc2cc(N(C)c3ccccc3)ccc2c(=O)n1C(c1ccccc1)c1ccccc1.Cc1nc2ncc(N(C)c3ccc(F)cc3)cc2c(=O)n1C(c1ccccc1)c1ccccc1. The van der Waals surface area contributed by atoms with E-state index in [1.807, 2.05) is 330 Å².